The SMILES string of the molecule is CCc1ccc(CN(CCCBr)C(C)C)s1. The molecule has 1 rings (SSSR count). The maximum absolute atomic E-state index is 3.50. The van der Waals surface area contributed by atoms with E-state index in [9.17, 15) is 0 Å². The van der Waals surface area contributed by atoms with E-state index in [4.69, 9.17) is 0 Å². The first-order valence-corrected chi connectivity index (χ1v) is 7.98. The molecule has 0 spiro atoms. The maximum atomic E-state index is 3.50. The van der Waals surface area contributed by atoms with E-state index < -0.39 is 0 Å². The van der Waals surface area contributed by atoms with Crippen molar-refractivity contribution in [3.8, 4) is 0 Å². The van der Waals surface area contributed by atoms with E-state index in [0.717, 1.165) is 18.3 Å². The molecule has 0 N–H and O–H groups in total. The Morgan fingerprint density at radius 3 is 2.50 bits per heavy atom. The van der Waals surface area contributed by atoms with Gasteiger partial charge in [0.2, 0.25) is 0 Å². The molecule has 0 bridgehead atoms. The largest absolute Gasteiger partial charge is 0.296 e. The number of aryl methyl sites for hydroxylation is 1. The molecule has 92 valence electrons. The standard InChI is InChI=1S/C13H22BrNS/c1-4-12-6-7-13(16-12)10-15(11(2)3)9-5-8-14/h6-7,11H,4-5,8-10H2,1-3H3. The lowest BCUT2D eigenvalue weighted by atomic mass is 10.2. The van der Waals surface area contributed by atoms with Crippen molar-refractivity contribution in [1.82, 2.24) is 4.90 Å². The Morgan fingerprint density at radius 2 is 2.00 bits per heavy atom. The second-order valence-corrected chi connectivity index (χ2v) is 6.37. The molecule has 0 amide bonds. The third-order valence-electron chi connectivity index (χ3n) is 2.73. The Hall–Kier alpha value is 0.140. The molecule has 0 aliphatic rings. The number of thiophene rings is 1. The van der Waals surface area contributed by atoms with Crippen LogP contribution in [0.25, 0.3) is 0 Å². The highest BCUT2D eigenvalue weighted by Crippen LogP contribution is 2.19. The highest BCUT2D eigenvalue weighted by atomic mass is 79.9. The van der Waals surface area contributed by atoms with Crippen molar-refractivity contribution in [3.05, 3.63) is 21.9 Å². The van der Waals surface area contributed by atoms with Crippen molar-refractivity contribution in [2.45, 2.75) is 46.2 Å². The van der Waals surface area contributed by atoms with Crippen LogP contribution in [-0.4, -0.2) is 22.8 Å². The molecule has 1 heterocycles. The van der Waals surface area contributed by atoms with Gasteiger partial charge in [-0.1, -0.05) is 22.9 Å². The molecular formula is C13H22BrNS. The van der Waals surface area contributed by atoms with Gasteiger partial charge in [0.05, 0.1) is 0 Å². The van der Waals surface area contributed by atoms with E-state index >= 15 is 0 Å². The second kappa shape index (κ2) is 7.46. The van der Waals surface area contributed by atoms with Gasteiger partial charge in [-0.25, -0.2) is 0 Å². The first kappa shape index (κ1) is 14.2. The van der Waals surface area contributed by atoms with E-state index in [0.29, 0.717) is 6.04 Å². The highest BCUT2D eigenvalue weighted by molar-refractivity contribution is 9.09. The fourth-order valence-corrected chi connectivity index (χ4v) is 2.91. The molecule has 0 radical (unpaired) electrons. The lowest BCUT2D eigenvalue weighted by Gasteiger charge is -2.25. The zero-order chi connectivity index (χ0) is 12.0. The summed E-state index contributed by atoms with van der Waals surface area (Å²) in [4.78, 5) is 5.55. The van der Waals surface area contributed by atoms with Crippen molar-refractivity contribution in [2.24, 2.45) is 0 Å². The van der Waals surface area contributed by atoms with Crippen LogP contribution in [0.4, 0.5) is 0 Å². The molecule has 16 heavy (non-hydrogen) atoms. The number of alkyl halides is 1. The Balaban J connectivity index is 2.53. The van der Waals surface area contributed by atoms with Crippen molar-refractivity contribution < 1.29 is 0 Å². The molecule has 0 unspecified atom stereocenters. The number of hydrogen-bond donors (Lipinski definition) is 0. The maximum Gasteiger partial charge on any atom is 0.0330 e. The third kappa shape index (κ3) is 4.56. The topological polar surface area (TPSA) is 3.24 Å². The summed E-state index contributed by atoms with van der Waals surface area (Å²) in [6, 6.07) is 5.18. The molecular weight excluding hydrogens is 282 g/mol. The average Bonchev–Trinajstić information content (AvgIpc) is 2.71. The molecule has 1 aromatic rings. The van der Waals surface area contributed by atoms with Crippen LogP contribution in [0.5, 0.6) is 0 Å². The van der Waals surface area contributed by atoms with Crippen LogP contribution in [0.2, 0.25) is 0 Å². The van der Waals surface area contributed by atoms with E-state index in [2.05, 4.69) is 53.7 Å². The smallest absolute Gasteiger partial charge is 0.0330 e. The number of rotatable bonds is 7. The van der Waals surface area contributed by atoms with Gasteiger partial charge in [-0.05, 0) is 45.4 Å². The van der Waals surface area contributed by atoms with Gasteiger partial charge in [0.1, 0.15) is 0 Å². The predicted octanol–water partition coefficient (Wildman–Crippen LogP) is 4.31. The lowest BCUT2D eigenvalue weighted by molar-refractivity contribution is 0.216. The number of halogens is 1. The zero-order valence-corrected chi connectivity index (χ0v) is 12.9. The normalized spacial score (nSPS) is 11.6. The van der Waals surface area contributed by atoms with Crippen LogP contribution >= 0.6 is 27.3 Å². The summed E-state index contributed by atoms with van der Waals surface area (Å²) in [5, 5.41) is 1.10. The van der Waals surface area contributed by atoms with E-state index in [1.807, 2.05) is 11.3 Å². The van der Waals surface area contributed by atoms with Gasteiger partial charge in [0.25, 0.3) is 0 Å². The summed E-state index contributed by atoms with van der Waals surface area (Å²) in [6.45, 7) is 9.07. The van der Waals surface area contributed by atoms with Crippen LogP contribution in [0.15, 0.2) is 12.1 Å². The summed E-state index contributed by atoms with van der Waals surface area (Å²) in [5.74, 6) is 0. The minimum absolute atomic E-state index is 0.631. The minimum atomic E-state index is 0.631. The second-order valence-electron chi connectivity index (χ2n) is 4.33. The molecule has 0 saturated heterocycles. The Bertz CT molecular complexity index is 296. The third-order valence-corrected chi connectivity index (χ3v) is 4.51. The van der Waals surface area contributed by atoms with Gasteiger partial charge in [0, 0.05) is 27.7 Å². The summed E-state index contributed by atoms with van der Waals surface area (Å²) in [6.07, 6.45) is 2.39. The Labute approximate surface area is 112 Å². The predicted molar refractivity (Wildman–Crippen MR) is 77.7 cm³/mol. The lowest BCUT2D eigenvalue weighted by Crippen LogP contribution is -2.31. The molecule has 0 aliphatic heterocycles. The minimum Gasteiger partial charge on any atom is -0.296 e. The number of hydrogen-bond acceptors (Lipinski definition) is 2. The molecule has 0 atom stereocenters. The summed E-state index contributed by atoms with van der Waals surface area (Å²) in [7, 11) is 0. The number of nitrogens with zero attached hydrogens (tertiary/aromatic N) is 1. The van der Waals surface area contributed by atoms with E-state index in [-0.39, 0.29) is 0 Å². The molecule has 0 fully saturated rings. The Kier molecular flexibility index (Phi) is 6.62. The molecule has 3 heteroatoms. The molecule has 0 aliphatic carbocycles. The van der Waals surface area contributed by atoms with Crippen molar-refractivity contribution in [2.75, 3.05) is 11.9 Å². The highest BCUT2D eigenvalue weighted by Gasteiger charge is 2.10. The monoisotopic (exact) mass is 303 g/mol. The van der Waals surface area contributed by atoms with Crippen LogP contribution in [0, 0.1) is 0 Å². The van der Waals surface area contributed by atoms with Crippen molar-refractivity contribution in [1.29, 1.82) is 0 Å². The fraction of sp³-hybridized carbons (Fsp3) is 0.692. The van der Waals surface area contributed by atoms with Crippen LogP contribution in [0.3, 0.4) is 0 Å². The average molecular weight is 304 g/mol. The van der Waals surface area contributed by atoms with Gasteiger partial charge >= 0.3 is 0 Å². The molecule has 0 aromatic carbocycles. The van der Waals surface area contributed by atoms with Crippen LogP contribution in [-0.2, 0) is 13.0 Å². The summed E-state index contributed by atoms with van der Waals surface area (Å²) < 4.78 is 0. The van der Waals surface area contributed by atoms with Crippen molar-refractivity contribution in [3.63, 3.8) is 0 Å². The fourth-order valence-electron chi connectivity index (χ4n) is 1.68. The van der Waals surface area contributed by atoms with Gasteiger partial charge < -0.3 is 0 Å². The van der Waals surface area contributed by atoms with Gasteiger partial charge in [-0.3, -0.25) is 4.90 Å². The first-order valence-electron chi connectivity index (χ1n) is 6.05. The summed E-state index contributed by atoms with van der Waals surface area (Å²) in [5.41, 5.74) is 0. The molecule has 0 saturated carbocycles. The first-order chi connectivity index (χ1) is 7.67. The van der Waals surface area contributed by atoms with Gasteiger partial charge in [0.15, 0.2) is 0 Å². The quantitative estimate of drug-likeness (QED) is 0.679. The molecule has 1 nitrogen and oxygen atoms in total. The summed E-state index contributed by atoms with van der Waals surface area (Å²) >= 11 is 5.46. The van der Waals surface area contributed by atoms with Gasteiger partial charge in [-0.15, -0.1) is 11.3 Å². The van der Waals surface area contributed by atoms with Gasteiger partial charge in [-0.2, -0.15) is 0 Å². The van der Waals surface area contributed by atoms with E-state index in [1.165, 1.54) is 22.7 Å². The van der Waals surface area contributed by atoms with Crippen LogP contribution < -0.4 is 0 Å². The van der Waals surface area contributed by atoms with Crippen LogP contribution in [0.1, 0.15) is 36.9 Å². The molecule has 1 aromatic heterocycles. The Morgan fingerprint density at radius 1 is 1.31 bits per heavy atom. The van der Waals surface area contributed by atoms with E-state index in [1.54, 1.807) is 0 Å². The zero-order valence-electron chi connectivity index (χ0n) is 10.5. The van der Waals surface area contributed by atoms with Crippen molar-refractivity contribution >= 4 is 27.3 Å².